The van der Waals surface area contributed by atoms with Crippen molar-refractivity contribution in [2.75, 3.05) is 12.3 Å². The molecule has 0 saturated heterocycles. The summed E-state index contributed by atoms with van der Waals surface area (Å²) in [5.74, 6) is -2.33. The number of aromatic hydroxyl groups is 1. The van der Waals surface area contributed by atoms with Gasteiger partial charge in [-0.1, -0.05) is 6.92 Å². The van der Waals surface area contributed by atoms with Gasteiger partial charge < -0.3 is 14.8 Å². The monoisotopic (exact) mass is 290 g/mol. The van der Waals surface area contributed by atoms with Gasteiger partial charge >= 0.3 is 5.97 Å². The van der Waals surface area contributed by atoms with E-state index in [1.807, 2.05) is 0 Å². The van der Waals surface area contributed by atoms with Crippen molar-refractivity contribution in [1.82, 2.24) is 9.29 Å². The largest absolute Gasteiger partial charge is 0.508 e. The maximum Gasteiger partial charge on any atom is 0.352 e. The average Bonchev–Trinajstić information content (AvgIpc) is 2.26. The minimum Gasteiger partial charge on any atom is -0.508 e. The molecule has 3 N–H and O–H groups in total. The molecule has 1 aromatic rings. The van der Waals surface area contributed by atoms with Crippen LogP contribution >= 0.6 is 0 Å². The molecule has 0 amide bonds. The van der Waals surface area contributed by atoms with Crippen molar-refractivity contribution in [2.45, 2.75) is 13.5 Å². The van der Waals surface area contributed by atoms with Crippen LogP contribution in [0, 0.1) is 0 Å². The molecule has 0 saturated carbocycles. The number of pyridine rings is 1. The number of nitrogens with zero attached hydrogens (tertiary/aromatic N) is 1. The molecular weight excluding hydrogens is 276 g/mol. The average molecular weight is 290 g/mol. The fraction of sp³-hybridized carbons (Fsp3) is 0.400. The SMILES string of the molecule is CCNS(=O)(=O)CCn1c(C(=O)O)cc(O)cc1=O. The van der Waals surface area contributed by atoms with Gasteiger partial charge in [-0.3, -0.25) is 4.79 Å². The van der Waals surface area contributed by atoms with Gasteiger partial charge in [0.2, 0.25) is 10.0 Å². The molecule has 19 heavy (non-hydrogen) atoms. The van der Waals surface area contributed by atoms with Crippen molar-refractivity contribution in [1.29, 1.82) is 0 Å². The Hall–Kier alpha value is -1.87. The lowest BCUT2D eigenvalue weighted by molar-refractivity contribution is 0.0683. The van der Waals surface area contributed by atoms with E-state index in [1.165, 1.54) is 0 Å². The molecule has 0 aliphatic rings. The van der Waals surface area contributed by atoms with Crippen LogP contribution in [0.5, 0.6) is 5.75 Å². The predicted octanol–water partition coefficient (Wildman–Crippen LogP) is -0.809. The van der Waals surface area contributed by atoms with E-state index < -0.39 is 38.7 Å². The molecule has 1 heterocycles. The highest BCUT2D eigenvalue weighted by molar-refractivity contribution is 7.89. The summed E-state index contributed by atoms with van der Waals surface area (Å²) in [7, 11) is -3.56. The fourth-order valence-corrected chi connectivity index (χ4v) is 2.50. The van der Waals surface area contributed by atoms with Crippen molar-refractivity contribution >= 4 is 16.0 Å². The van der Waals surface area contributed by atoms with E-state index in [-0.39, 0.29) is 13.1 Å². The summed E-state index contributed by atoms with van der Waals surface area (Å²) in [5.41, 5.74) is -1.24. The summed E-state index contributed by atoms with van der Waals surface area (Å²) in [5, 5.41) is 18.1. The molecule has 0 atom stereocenters. The Morgan fingerprint density at radius 1 is 1.42 bits per heavy atom. The zero-order valence-corrected chi connectivity index (χ0v) is 11.0. The van der Waals surface area contributed by atoms with Crippen LogP contribution in [0.4, 0.5) is 0 Å². The van der Waals surface area contributed by atoms with E-state index in [9.17, 15) is 23.1 Å². The first-order valence-corrected chi connectivity index (χ1v) is 7.06. The Morgan fingerprint density at radius 3 is 2.58 bits per heavy atom. The second-order valence-electron chi connectivity index (χ2n) is 3.71. The second-order valence-corrected chi connectivity index (χ2v) is 5.64. The molecule has 0 unspecified atom stereocenters. The van der Waals surface area contributed by atoms with Gasteiger partial charge in [-0.15, -0.1) is 0 Å². The minimum absolute atomic E-state index is 0.207. The molecule has 0 aliphatic carbocycles. The highest BCUT2D eigenvalue weighted by Gasteiger charge is 2.16. The quantitative estimate of drug-likeness (QED) is 0.629. The summed E-state index contributed by atoms with van der Waals surface area (Å²) in [4.78, 5) is 22.5. The molecule has 106 valence electrons. The van der Waals surface area contributed by atoms with Gasteiger partial charge in [0.25, 0.3) is 5.56 Å². The van der Waals surface area contributed by atoms with Crippen LogP contribution in [0.1, 0.15) is 17.4 Å². The van der Waals surface area contributed by atoms with E-state index in [0.29, 0.717) is 0 Å². The van der Waals surface area contributed by atoms with Crippen LogP contribution in [0.15, 0.2) is 16.9 Å². The van der Waals surface area contributed by atoms with E-state index in [1.54, 1.807) is 6.92 Å². The lowest BCUT2D eigenvalue weighted by atomic mass is 10.3. The van der Waals surface area contributed by atoms with Crippen molar-refractivity contribution in [3.8, 4) is 5.75 Å². The van der Waals surface area contributed by atoms with Gasteiger partial charge in [-0.05, 0) is 0 Å². The number of carboxylic acids is 1. The molecule has 0 radical (unpaired) electrons. The number of aromatic carboxylic acids is 1. The number of hydrogen-bond acceptors (Lipinski definition) is 5. The Morgan fingerprint density at radius 2 is 2.05 bits per heavy atom. The normalized spacial score (nSPS) is 11.4. The molecule has 1 aromatic heterocycles. The number of carbonyl (C=O) groups is 1. The topological polar surface area (TPSA) is 126 Å². The van der Waals surface area contributed by atoms with Gasteiger partial charge in [0.05, 0.1) is 5.75 Å². The Kier molecular flexibility index (Phi) is 4.67. The summed E-state index contributed by atoms with van der Waals surface area (Å²) in [6, 6.07) is 1.72. The third-order valence-corrected chi connectivity index (χ3v) is 3.73. The summed E-state index contributed by atoms with van der Waals surface area (Å²) in [6.07, 6.45) is 0. The van der Waals surface area contributed by atoms with Crippen LogP contribution < -0.4 is 10.3 Å². The van der Waals surface area contributed by atoms with Crippen molar-refractivity contribution < 1.29 is 23.4 Å². The zero-order valence-electron chi connectivity index (χ0n) is 10.2. The Labute approximate surface area is 109 Å². The van der Waals surface area contributed by atoms with Gasteiger partial charge in [-0.2, -0.15) is 0 Å². The Bertz CT molecular complexity index is 634. The zero-order chi connectivity index (χ0) is 14.6. The van der Waals surface area contributed by atoms with Crippen LogP contribution in [-0.4, -0.2) is 41.5 Å². The second kappa shape index (κ2) is 5.85. The Balaban J connectivity index is 3.08. The lowest BCUT2D eigenvalue weighted by Gasteiger charge is -2.10. The molecule has 0 aromatic carbocycles. The fourth-order valence-electron chi connectivity index (χ4n) is 1.49. The minimum atomic E-state index is -3.56. The van der Waals surface area contributed by atoms with E-state index in [2.05, 4.69) is 4.72 Å². The first kappa shape index (κ1) is 15.2. The maximum atomic E-state index is 11.6. The number of carboxylic acid groups (broad SMARTS) is 1. The number of hydrogen-bond donors (Lipinski definition) is 3. The smallest absolute Gasteiger partial charge is 0.352 e. The molecular formula is C10H14N2O6S. The van der Waals surface area contributed by atoms with Gasteiger partial charge in [0.15, 0.2) is 0 Å². The summed E-state index contributed by atoms with van der Waals surface area (Å²) >= 11 is 0. The number of nitrogens with one attached hydrogen (secondary N) is 1. The third-order valence-electron chi connectivity index (χ3n) is 2.28. The number of aromatic nitrogens is 1. The maximum absolute atomic E-state index is 11.6. The number of sulfonamides is 1. The molecule has 9 heteroatoms. The van der Waals surface area contributed by atoms with Crippen LogP contribution in [0.3, 0.4) is 0 Å². The van der Waals surface area contributed by atoms with E-state index in [4.69, 9.17) is 5.11 Å². The van der Waals surface area contributed by atoms with E-state index >= 15 is 0 Å². The first-order valence-electron chi connectivity index (χ1n) is 5.41. The molecule has 0 spiro atoms. The van der Waals surface area contributed by atoms with Gasteiger partial charge in [0, 0.05) is 25.2 Å². The summed E-state index contributed by atoms with van der Waals surface area (Å²) < 4.78 is 25.9. The molecule has 0 bridgehead atoms. The molecule has 0 fully saturated rings. The highest BCUT2D eigenvalue weighted by atomic mass is 32.2. The lowest BCUT2D eigenvalue weighted by Crippen LogP contribution is -2.32. The first-order chi connectivity index (χ1) is 8.76. The van der Waals surface area contributed by atoms with Crippen LogP contribution in [0.2, 0.25) is 0 Å². The van der Waals surface area contributed by atoms with Gasteiger partial charge in [0.1, 0.15) is 11.4 Å². The molecule has 1 rings (SSSR count). The number of rotatable bonds is 6. The standard InChI is InChI=1S/C10H14N2O6S/c1-2-11-19(17,18)4-3-12-8(10(15)16)5-7(13)6-9(12)14/h5-6,11,13H,2-4H2,1H3,(H,15,16). The predicted molar refractivity (Wildman–Crippen MR) is 66.8 cm³/mol. The van der Waals surface area contributed by atoms with E-state index in [0.717, 1.165) is 16.7 Å². The third kappa shape index (κ3) is 4.07. The van der Waals surface area contributed by atoms with Crippen molar-refractivity contribution in [2.24, 2.45) is 0 Å². The highest BCUT2D eigenvalue weighted by Crippen LogP contribution is 2.08. The van der Waals surface area contributed by atoms with Crippen molar-refractivity contribution in [3.63, 3.8) is 0 Å². The molecule has 0 aliphatic heterocycles. The molecule has 8 nitrogen and oxygen atoms in total. The summed E-state index contributed by atoms with van der Waals surface area (Å²) in [6.45, 7) is 1.50. The van der Waals surface area contributed by atoms with Crippen molar-refractivity contribution in [3.05, 3.63) is 28.2 Å². The van der Waals surface area contributed by atoms with Gasteiger partial charge in [-0.25, -0.2) is 17.9 Å². The van der Waals surface area contributed by atoms with Crippen LogP contribution in [0.25, 0.3) is 0 Å². The van der Waals surface area contributed by atoms with Crippen LogP contribution in [-0.2, 0) is 16.6 Å².